The third-order valence-electron chi connectivity index (χ3n) is 3.26. The molecule has 11 heteroatoms. The van der Waals surface area contributed by atoms with E-state index in [1.165, 1.54) is 18.4 Å². The highest BCUT2D eigenvalue weighted by atomic mass is 32.2. The molecule has 0 saturated carbocycles. The van der Waals surface area contributed by atoms with Crippen LogP contribution in [-0.4, -0.2) is 49.0 Å². The Morgan fingerprint density at radius 3 is 2.19 bits per heavy atom. The van der Waals surface area contributed by atoms with Gasteiger partial charge in [-0.1, -0.05) is 25.2 Å². The van der Waals surface area contributed by atoms with Gasteiger partial charge in [-0.25, -0.2) is 8.42 Å². The van der Waals surface area contributed by atoms with E-state index in [0.29, 0.717) is 11.4 Å². The fourth-order valence-electron chi connectivity index (χ4n) is 2.00. The predicted molar refractivity (Wildman–Crippen MR) is 103 cm³/mol. The molecular formula is C16H20N4O5S2. The average Bonchev–Trinajstić information content (AvgIpc) is 3.02. The third-order valence-corrected chi connectivity index (χ3v) is 5.80. The molecule has 0 unspecified atom stereocenters. The minimum absolute atomic E-state index is 0.151. The summed E-state index contributed by atoms with van der Waals surface area (Å²) in [6.07, 6.45) is 0. The Morgan fingerprint density at radius 2 is 1.67 bits per heavy atom. The molecule has 0 spiro atoms. The molecule has 0 atom stereocenters. The minimum Gasteiger partial charge on any atom is -0.497 e. The largest absolute Gasteiger partial charge is 0.497 e. The number of hydrogen-bond acceptors (Lipinski definition) is 8. The first-order valence-corrected chi connectivity index (χ1v) is 10.6. The van der Waals surface area contributed by atoms with Gasteiger partial charge < -0.3 is 10.1 Å². The third kappa shape index (κ3) is 6.61. The van der Waals surface area contributed by atoms with Crippen LogP contribution < -0.4 is 15.4 Å². The second-order valence-electron chi connectivity index (χ2n) is 5.96. The van der Waals surface area contributed by atoms with Gasteiger partial charge in [0.05, 0.1) is 7.11 Å². The summed E-state index contributed by atoms with van der Waals surface area (Å²) in [4.78, 5) is 23.8. The highest BCUT2D eigenvalue weighted by molar-refractivity contribution is 7.92. The molecule has 1 aromatic heterocycles. The summed E-state index contributed by atoms with van der Waals surface area (Å²) in [6, 6.07) is 6.42. The summed E-state index contributed by atoms with van der Waals surface area (Å²) in [6.45, 7) is 3.86. The highest BCUT2D eigenvalue weighted by Gasteiger charge is 2.22. The lowest BCUT2D eigenvalue weighted by atomic mass is 10.2. The number of ether oxygens (including phenoxy) is 1. The summed E-state index contributed by atoms with van der Waals surface area (Å²) >= 11 is 1.18. The Kier molecular flexibility index (Phi) is 6.86. The smallest absolute Gasteiger partial charge is 0.241 e. The van der Waals surface area contributed by atoms with Crippen LogP contribution in [0, 0.1) is 0 Å². The maximum absolute atomic E-state index is 12.1. The lowest BCUT2D eigenvalue weighted by Gasteiger charge is -2.07. The topological polar surface area (TPSA) is 127 Å². The molecule has 0 fully saturated rings. The van der Waals surface area contributed by atoms with E-state index in [1.807, 2.05) is 13.8 Å². The van der Waals surface area contributed by atoms with Gasteiger partial charge in [0.2, 0.25) is 16.9 Å². The van der Waals surface area contributed by atoms with Crippen molar-refractivity contribution in [2.24, 2.45) is 0 Å². The van der Waals surface area contributed by atoms with E-state index in [9.17, 15) is 18.0 Å². The molecule has 0 saturated heterocycles. The van der Waals surface area contributed by atoms with Gasteiger partial charge in [0.25, 0.3) is 0 Å². The van der Waals surface area contributed by atoms with Crippen molar-refractivity contribution in [2.45, 2.75) is 19.8 Å². The van der Waals surface area contributed by atoms with Gasteiger partial charge in [-0.15, -0.1) is 10.2 Å². The highest BCUT2D eigenvalue weighted by Crippen LogP contribution is 2.22. The first-order chi connectivity index (χ1) is 12.7. The van der Waals surface area contributed by atoms with Gasteiger partial charge in [-0.2, -0.15) is 0 Å². The van der Waals surface area contributed by atoms with Gasteiger partial charge in [0.15, 0.2) is 9.84 Å². The zero-order chi connectivity index (χ0) is 20.0. The maximum atomic E-state index is 12.1. The number of amides is 2. The van der Waals surface area contributed by atoms with Gasteiger partial charge in [0, 0.05) is 11.6 Å². The molecule has 1 aromatic carbocycles. The molecule has 0 aliphatic heterocycles. The van der Waals surface area contributed by atoms with Crippen LogP contribution >= 0.6 is 11.3 Å². The normalized spacial score (nSPS) is 11.3. The molecule has 0 aliphatic rings. The number of sulfone groups is 1. The zero-order valence-electron chi connectivity index (χ0n) is 15.1. The van der Waals surface area contributed by atoms with E-state index in [2.05, 4.69) is 20.8 Å². The van der Waals surface area contributed by atoms with Crippen molar-refractivity contribution in [1.29, 1.82) is 0 Å². The summed E-state index contributed by atoms with van der Waals surface area (Å²) in [5, 5.41) is 13.5. The van der Waals surface area contributed by atoms with Crippen molar-refractivity contribution in [1.82, 2.24) is 10.2 Å². The lowest BCUT2D eigenvalue weighted by Crippen LogP contribution is -2.30. The van der Waals surface area contributed by atoms with Crippen molar-refractivity contribution in [3.8, 4) is 5.75 Å². The number of aromatic nitrogens is 2. The van der Waals surface area contributed by atoms with Crippen molar-refractivity contribution in [2.75, 3.05) is 29.2 Å². The Bertz CT molecular complexity index is 907. The number of carbonyl (C=O) groups excluding carboxylic acids is 2. The maximum Gasteiger partial charge on any atom is 0.241 e. The number of anilines is 2. The Morgan fingerprint density at radius 1 is 1.07 bits per heavy atom. The van der Waals surface area contributed by atoms with E-state index in [0.717, 1.165) is 5.01 Å². The van der Waals surface area contributed by atoms with Gasteiger partial charge >= 0.3 is 0 Å². The van der Waals surface area contributed by atoms with Crippen LogP contribution in [0.5, 0.6) is 5.75 Å². The van der Waals surface area contributed by atoms with E-state index in [4.69, 9.17) is 4.74 Å². The molecule has 2 N–H and O–H groups in total. The minimum atomic E-state index is -3.93. The van der Waals surface area contributed by atoms with Crippen molar-refractivity contribution < 1.29 is 22.7 Å². The van der Waals surface area contributed by atoms with E-state index in [-0.39, 0.29) is 11.0 Å². The quantitative estimate of drug-likeness (QED) is 0.675. The number of carbonyl (C=O) groups is 2. The Hall–Kier alpha value is -2.53. The van der Waals surface area contributed by atoms with Gasteiger partial charge in [0.1, 0.15) is 22.3 Å². The molecule has 2 aromatic rings. The number of methoxy groups -OCH3 is 1. The fourth-order valence-corrected chi connectivity index (χ4v) is 3.80. The molecule has 0 aliphatic carbocycles. The summed E-state index contributed by atoms with van der Waals surface area (Å²) in [5.41, 5.74) is 0.426. The molecule has 146 valence electrons. The molecule has 9 nitrogen and oxygen atoms in total. The van der Waals surface area contributed by atoms with E-state index in [1.54, 1.807) is 24.3 Å². The second-order valence-corrected chi connectivity index (χ2v) is 9.03. The molecule has 27 heavy (non-hydrogen) atoms. The number of nitrogens with zero attached hydrogens (tertiary/aromatic N) is 2. The van der Waals surface area contributed by atoms with Crippen molar-refractivity contribution >= 4 is 43.8 Å². The van der Waals surface area contributed by atoms with Crippen LogP contribution in [0.3, 0.4) is 0 Å². The molecular weight excluding hydrogens is 392 g/mol. The fraction of sp³-hybridized carbons (Fsp3) is 0.375. The SMILES string of the molecule is COc1ccc(NC(=O)CS(=O)(=O)CC(=O)Nc2nnc(C(C)C)s2)cc1. The van der Waals surface area contributed by atoms with Crippen LogP contribution in [0.2, 0.25) is 0 Å². The van der Waals surface area contributed by atoms with Gasteiger partial charge in [-0.05, 0) is 24.3 Å². The van der Waals surface area contributed by atoms with Crippen LogP contribution in [0.1, 0.15) is 24.8 Å². The molecule has 1 heterocycles. The predicted octanol–water partition coefficient (Wildman–Crippen LogP) is 1.66. The molecule has 2 rings (SSSR count). The second kappa shape index (κ2) is 8.91. The summed E-state index contributed by atoms with van der Waals surface area (Å²) in [7, 11) is -2.42. The van der Waals surface area contributed by atoms with E-state index < -0.39 is 33.2 Å². The standard InChI is InChI=1S/C16H20N4O5S2/c1-10(2)15-19-20-16(26-15)18-14(22)9-27(23,24)8-13(21)17-11-4-6-12(25-3)7-5-11/h4-7,10H,8-9H2,1-3H3,(H,17,21)(H,18,20,22). The number of hydrogen-bond donors (Lipinski definition) is 2. The van der Waals surface area contributed by atoms with Gasteiger partial charge in [-0.3, -0.25) is 14.9 Å². The molecule has 0 bridgehead atoms. The summed E-state index contributed by atoms with van der Waals surface area (Å²) in [5.74, 6) is -2.36. The first-order valence-electron chi connectivity index (χ1n) is 7.96. The van der Waals surface area contributed by atoms with Crippen molar-refractivity contribution in [3.05, 3.63) is 29.3 Å². The molecule has 0 radical (unpaired) electrons. The Labute approximate surface area is 161 Å². The summed E-state index contributed by atoms with van der Waals surface area (Å²) < 4.78 is 29.1. The van der Waals surface area contributed by atoms with E-state index >= 15 is 0 Å². The monoisotopic (exact) mass is 412 g/mol. The van der Waals surface area contributed by atoms with Crippen LogP contribution in [-0.2, 0) is 19.4 Å². The molecule has 2 amide bonds. The van der Waals surface area contributed by atoms with Crippen LogP contribution in [0.15, 0.2) is 24.3 Å². The number of nitrogens with one attached hydrogen (secondary N) is 2. The van der Waals surface area contributed by atoms with Crippen LogP contribution in [0.4, 0.5) is 10.8 Å². The number of benzene rings is 1. The lowest BCUT2D eigenvalue weighted by molar-refractivity contribution is -0.114. The zero-order valence-corrected chi connectivity index (χ0v) is 16.7. The first kappa shape index (κ1) is 20.8. The van der Waals surface area contributed by atoms with Crippen molar-refractivity contribution in [3.63, 3.8) is 0 Å². The average molecular weight is 412 g/mol. The number of rotatable bonds is 8. The Balaban J connectivity index is 1.88. The van der Waals surface area contributed by atoms with Crippen LogP contribution in [0.25, 0.3) is 0 Å².